The van der Waals surface area contributed by atoms with Gasteiger partial charge in [0.05, 0.1) is 5.56 Å². The summed E-state index contributed by atoms with van der Waals surface area (Å²) < 4.78 is 1.54. The number of aromatic nitrogens is 4. The maximum absolute atomic E-state index is 12.2. The van der Waals surface area contributed by atoms with Gasteiger partial charge in [-0.3, -0.25) is 4.79 Å². The molecule has 2 heterocycles. The molecule has 3 rings (SSSR count). The Hall–Kier alpha value is -2.28. The highest BCUT2D eigenvalue weighted by Crippen LogP contribution is 2.24. The van der Waals surface area contributed by atoms with Gasteiger partial charge in [0.2, 0.25) is 0 Å². The lowest BCUT2D eigenvalue weighted by Crippen LogP contribution is -2.39. The molecule has 2 aromatic heterocycles. The summed E-state index contributed by atoms with van der Waals surface area (Å²) in [6.45, 7) is 0.619. The van der Waals surface area contributed by atoms with Crippen molar-refractivity contribution in [2.45, 2.75) is 25.3 Å². The minimum atomic E-state index is -0.0991. The number of nitrogens with two attached hydrogens (primary N) is 1. The van der Waals surface area contributed by atoms with Crippen LogP contribution in [0, 0.1) is 5.92 Å². The zero-order chi connectivity index (χ0) is 14.7. The molecule has 0 spiro atoms. The lowest BCUT2D eigenvalue weighted by atomic mass is 10.0. The average molecular weight is 286 g/mol. The van der Waals surface area contributed by atoms with E-state index < -0.39 is 0 Å². The monoisotopic (exact) mass is 286 g/mol. The second-order valence-electron chi connectivity index (χ2n) is 5.25. The van der Waals surface area contributed by atoms with Crippen LogP contribution in [0.3, 0.4) is 0 Å². The highest BCUT2D eigenvalue weighted by molar-refractivity contribution is 5.94. The average Bonchev–Trinajstić information content (AvgIpc) is 3.18. The Balaban J connectivity index is 1.68. The third-order valence-corrected chi connectivity index (χ3v) is 3.94. The minimum Gasteiger partial charge on any atom is -0.349 e. The molecule has 7 heteroatoms. The van der Waals surface area contributed by atoms with Crippen LogP contribution in [0.25, 0.3) is 5.82 Å². The molecule has 1 fully saturated rings. The maximum atomic E-state index is 12.2. The molecule has 0 saturated heterocycles. The summed E-state index contributed by atoms with van der Waals surface area (Å²) in [5.41, 5.74) is 6.28. The molecule has 7 nitrogen and oxygen atoms in total. The van der Waals surface area contributed by atoms with E-state index >= 15 is 0 Å². The summed E-state index contributed by atoms with van der Waals surface area (Å²) >= 11 is 0. The summed E-state index contributed by atoms with van der Waals surface area (Å²) in [6.07, 6.45) is 7.76. The molecule has 2 aromatic rings. The molecule has 0 bridgehead atoms. The number of hydrogen-bond acceptors (Lipinski definition) is 5. The van der Waals surface area contributed by atoms with Crippen LogP contribution >= 0.6 is 0 Å². The molecule has 1 amide bonds. The fraction of sp³-hybridized carbons (Fsp3) is 0.429. The molecule has 0 aromatic carbocycles. The highest BCUT2D eigenvalue weighted by Gasteiger charge is 2.27. The summed E-state index contributed by atoms with van der Waals surface area (Å²) in [6, 6.07) is 3.67. The SMILES string of the molecule is NCC1CCCC1NC(=O)c1ccc(-n2cncn2)nc1. The number of pyridine rings is 1. The molecule has 1 saturated carbocycles. The van der Waals surface area contributed by atoms with Crippen LogP contribution in [0.5, 0.6) is 0 Å². The van der Waals surface area contributed by atoms with E-state index in [1.54, 1.807) is 29.3 Å². The van der Waals surface area contributed by atoms with Crippen molar-refractivity contribution in [2.24, 2.45) is 11.7 Å². The number of rotatable bonds is 4. The van der Waals surface area contributed by atoms with Crippen LogP contribution < -0.4 is 11.1 Å². The lowest BCUT2D eigenvalue weighted by Gasteiger charge is -2.19. The Bertz CT molecular complexity index is 594. The van der Waals surface area contributed by atoms with Crippen LogP contribution in [-0.4, -0.2) is 38.2 Å². The Morgan fingerprint density at radius 3 is 3.00 bits per heavy atom. The predicted molar refractivity (Wildman–Crippen MR) is 76.8 cm³/mol. The topological polar surface area (TPSA) is 98.7 Å². The Labute approximate surface area is 122 Å². The van der Waals surface area contributed by atoms with E-state index in [1.165, 1.54) is 6.33 Å². The lowest BCUT2D eigenvalue weighted by molar-refractivity contribution is 0.0928. The standard InChI is InChI=1S/C14H18N6O/c15-6-10-2-1-3-12(10)19-14(21)11-4-5-13(17-7-11)20-9-16-8-18-20/h4-5,7-10,12H,1-3,6,15H2,(H,19,21). The zero-order valence-corrected chi connectivity index (χ0v) is 11.6. The number of nitrogens with zero attached hydrogens (tertiary/aromatic N) is 4. The third kappa shape index (κ3) is 2.92. The van der Waals surface area contributed by atoms with Gasteiger partial charge in [0.15, 0.2) is 5.82 Å². The number of carbonyl (C=O) groups excluding carboxylic acids is 1. The first-order chi connectivity index (χ1) is 10.3. The van der Waals surface area contributed by atoms with Crippen LogP contribution in [0.1, 0.15) is 29.6 Å². The van der Waals surface area contributed by atoms with Crippen molar-refractivity contribution in [2.75, 3.05) is 6.54 Å². The van der Waals surface area contributed by atoms with Gasteiger partial charge in [-0.2, -0.15) is 5.10 Å². The number of nitrogens with one attached hydrogen (secondary N) is 1. The van der Waals surface area contributed by atoms with Crippen LogP contribution in [0.15, 0.2) is 31.0 Å². The maximum Gasteiger partial charge on any atom is 0.253 e. The largest absolute Gasteiger partial charge is 0.349 e. The Morgan fingerprint density at radius 2 is 2.33 bits per heavy atom. The van der Waals surface area contributed by atoms with Crippen LogP contribution in [-0.2, 0) is 0 Å². The molecule has 2 unspecified atom stereocenters. The van der Waals surface area contributed by atoms with Crippen molar-refractivity contribution >= 4 is 5.91 Å². The van der Waals surface area contributed by atoms with Gasteiger partial charge in [0.25, 0.3) is 5.91 Å². The summed E-state index contributed by atoms with van der Waals surface area (Å²) in [5, 5.41) is 7.05. The second kappa shape index (κ2) is 6.01. The van der Waals surface area contributed by atoms with E-state index in [4.69, 9.17) is 5.73 Å². The molecule has 2 atom stereocenters. The number of carbonyl (C=O) groups is 1. The molecule has 1 aliphatic rings. The van der Waals surface area contributed by atoms with Crippen LogP contribution in [0.4, 0.5) is 0 Å². The van der Waals surface area contributed by atoms with Gasteiger partial charge in [-0.25, -0.2) is 14.6 Å². The Kier molecular flexibility index (Phi) is 3.92. The fourth-order valence-corrected chi connectivity index (χ4v) is 2.74. The zero-order valence-electron chi connectivity index (χ0n) is 11.6. The van der Waals surface area contributed by atoms with Gasteiger partial charge in [-0.05, 0) is 37.4 Å². The third-order valence-electron chi connectivity index (χ3n) is 3.94. The minimum absolute atomic E-state index is 0.0991. The van der Waals surface area contributed by atoms with E-state index in [0.717, 1.165) is 19.3 Å². The molecule has 110 valence electrons. The van der Waals surface area contributed by atoms with Gasteiger partial charge in [0.1, 0.15) is 12.7 Å². The van der Waals surface area contributed by atoms with E-state index in [1.807, 2.05) is 0 Å². The van der Waals surface area contributed by atoms with E-state index in [9.17, 15) is 4.79 Å². The second-order valence-corrected chi connectivity index (χ2v) is 5.25. The van der Waals surface area contributed by atoms with Crippen LogP contribution in [0.2, 0.25) is 0 Å². The van der Waals surface area contributed by atoms with E-state index in [0.29, 0.717) is 23.8 Å². The van der Waals surface area contributed by atoms with Gasteiger partial charge in [-0.1, -0.05) is 6.42 Å². The molecule has 0 aliphatic heterocycles. The number of amides is 1. The van der Waals surface area contributed by atoms with Gasteiger partial charge in [0, 0.05) is 12.2 Å². The van der Waals surface area contributed by atoms with Crippen molar-refractivity contribution in [3.8, 4) is 5.82 Å². The first-order valence-corrected chi connectivity index (χ1v) is 7.10. The molecule has 1 aliphatic carbocycles. The normalized spacial score (nSPS) is 21.4. The van der Waals surface area contributed by atoms with Crippen molar-refractivity contribution in [3.05, 3.63) is 36.5 Å². The van der Waals surface area contributed by atoms with Gasteiger partial charge < -0.3 is 11.1 Å². The number of hydrogen-bond donors (Lipinski definition) is 2. The molecular formula is C14H18N6O. The van der Waals surface area contributed by atoms with Gasteiger partial charge in [-0.15, -0.1) is 0 Å². The molecule has 3 N–H and O–H groups in total. The molecule has 21 heavy (non-hydrogen) atoms. The predicted octanol–water partition coefficient (Wildman–Crippen LogP) is 0.519. The highest BCUT2D eigenvalue weighted by atomic mass is 16.1. The van der Waals surface area contributed by atoms with Crippen molar-refractivity contribution in [1.29, 1.82) is 0 Å². The molecule has 0 radical (unpaired) electrons. The smallest absolute Gasteiger partial charge is 0.253 e. The van der Waals surface area contributed by atoms with Crippen molar-refractivity contribution < 1.29 is 4.79 Å². The summed E-state index contributed by atoms with van der Waals surface area (Å²) in [4.78, 5) is 20.3. The summed E-state index contributed by atoms with van der Waals surface area (Å²) in [7, 11) is 0. The van der Waals surface area contributed by atoms with Crippen molar-refractivity contribution in [3.63, 3.8) is 0 Å². The fourth-order valence-electron chi connectivity index (χ4n) is 2.74. The van der Waals surface area contributed by atoms with E-state index in [-0.39, 0.29) is 11.9 Å². The first kappa shape index (κ1) is 13.7. The quantitative estimate of drug-likeness (QED) is 0.853. The first-order valence-electron chi connectivity index (χ1n) is 7.10. The van der Waals surface area contributed by atoms with E-state index in [2.05, 4.69) is 20.4 Å². The molecular weight excluding hydrogens is 268 g/mol. The van der Waals surface area contributed by atoms with Crippen molar-refractivity contribution in [1.82, 2.24) is 25.1 Å². The Morgan fingerprint density at radius 1 is 1.43 bits per heavy atom. The van der Waals surface area contributed by atoms with Gasteiger partial charge >= 0.3 is 0 Å². The summed E-state index contributed by atoms with van der Waals surface area (Å²) in [5.74, 6) is 0.916.